The number of halogens is 2. The van der Waals surface area contributed by atoms with Crippen LogP contribution in [0.15, 0.2) is 48.7 Å². The number of nitrogens with one attached hydrogen (secondary N) is 2. The highest BCUT2D eigenvalue weighted by atomic mass is 35.5. The van der Waals surface area contributed by atoms with Crippen LogP contribution in [0.2, 0.25) is 5.02 Å². The molecule has 2 aromatic carbocycles. The molecular weight excluding hydrogens is 333 g/mol. The van der Waals surface area contributed by atoms with E-state index < -0.39 is 0 Å². The molecule has 0 aliphatic rings. The largest absolute Gasteiger partial charge is 0.507 e. The number of carbonyl (C=O) groups is 1. The van der Waals surface area contributed by atoms with Gasteiger partial charge < -0.3 is 10.4 Å². The van der Waals surface area contributed by atoms with E-state index in [0.29, 0.717) is 16.3 Å². The maximum Gasteiger partial charge on any atom is 0.255 e. The van der Waals surface area contributed by atoms with Gasteiger partial charge in [-0.2, -0.15) is 5.10 Å². The zero-order valence-electron chi connectivity index (χ0n) is 12.4. The predicted octanol–water partition coefficient (Wildman–Crippen LogP) is 3.50. The van der Waals surface area contributed by atoms with Gasteiger partial charge in [-0.15, -0.1) is 0 Å². The van der Waals surface area contributed by atoms with Gasteiger partial charge in [-0.3, -0.25) is 9.89 Å². The second-order valence-electron chi connectivity index (χ2n) is 5.13. The lowest BCUT2D eigenvalue weighted by Gasteiger charge is -2.08. The van der Waals surface area contributed by atoms with Gasteiger partial charge in [0.2, 0.25) is 0 Å². The first-order valence-corrected chi connectivity index (χ1v) is 7.47. The minimum absolute atomic E-state index is 0.0174. The van der Waals surface area contributed by atoms with Crippen LogP contribution < -0.4 is 5.32 Å². The number of carbonyl (C=O) groups excluding carboxylic acids is 1. The fourth-order valence-electron chi connectivity index (χ4n) is 2.25. The molecule has 24 heavy (non-hydrogen) atoms. The highest BCUT2D eigenvalue weighted by molar-refractivity contribution is 6.31. The van der Waals surface area contributed by atoms with Crippen LogP contribution in [0.25, 0.3) is 11.3 Å². The fourth-order valence-corrected chi connectivity index (χ4v) is 2.42. The zero-order valence-corrected chi connectivity index (χ0v) is 13.1. The Morgan fingerprint density at radius 2 is 2.00 bits per heavy atom. The van der Waals surface area contributed by atoms with E-state index >= 15 is 0 Å². The van der Waals surface area contributed by atoms with Gasteiger partial charge in [-0.05, 0) is 35.9 Å². The van der Waals surface area contributed by atoms with Crippen LogP contribution in [0.1, 0.15) is 15.9 Å². The van der Waals surface area contributed by atoms with E-state index in [9.17, 15) is 14.3 Å². The molecule has 5 nitrogen and oxygen atoms in total. The van der Waals surface area contributed by atoms with Crippen molar-refractivity contribution >= 4 is 17.5 Å². The smallest absolute Gasteiger partial charge is 0.255 e. The number of rotatable bonds is 4. The molecule has 3 aromatic rings. The number of aromatic amines is 1. The lowest BCUT2D eigenvalue weighted by atomic mass is 10.1. The number of aromatic hydroxyl groups is 1. The van der Waals surface area contributed by atoms with Gasteiger partial charge in [0, 0.05) is 17.1 Å². The van der Waals surface area contributed by atoms with Crippen molar-refractivity contribution in [1.82, 2.24) is 15.5 Å². The van der Waals surface area contributed by atoms with Gasteiger partial charge in [0.15, 0.2) is 0 Å². The van der Waals surface area contributed by atoms with Crippen LogP contribution in [0, 0.1) is 5.82 Å². The van der Waals surface area contributed by atoms with Gasteiger partial charge in [0.05, 0.1) is 17.5 Å². The van der Waals surface area contributed by atoms with E-state index in [2.05, 4.69) is 15.5 Å². The van der Waals surface area contributed by atoms with Crippen LogP contribution >= 0.6 is 11.6 Å². The van der Waals surface area contributed by atoms with E-state index in [4.69, 9.17) is 11.6 Å². The van der Waals surface area contributed by atoms with Gasteiger partial charge in [-0.1, -0.05) is 23.7 Å². The summed E-state index contributed by atoms with van der Waals surface area (Å²) >= 11 is 5.94. The summed E-state index contributed by atoms with van der Waals surface area (Å²) in [7, 11) is 0. The fraction of sp³-hybridized carbons (Fsp3) is 0.0588. The average Bonchev–Trinajstić information content (AvgIpc) is 3.06. The van der Waals surface area contributed by atoms with Crippen LogP contribution in [-0.4, -0.2) is 21.2 Å². The summed E-state index contributed by atoms with van der Waals surface area (Å²) < 4.78 is 12.9. The minimum Gasteiger partial charge on any atom is -0.507 e. The quantitative estimate of drug-likeness (QED) is 0.677. The van der Waals surface area contributed by atoms with Crippen molar-refractivity contribution in [2.24, 2.45) is 0 Å². The SMILES string of the molecule is O=C(NCc1ccc(F)cc1)c1cn[nH]c1-c1cc(Cl)ccc1O. The summed E-state index contributed by atoms with van der Waals surface area (Å²) in [6, 6.07) is 10.4. The van der Waals surface area contributed by atoms with Crippen molar-refractivity contribution in [2.45, 2.75) is 6.54 Å². The van der Waals surface area contributed by atoms with Crippen LogP contribution in [0.4, 0.5) is 4.39 Å². The molecule has 1 amide bonds. The predicted molar refractivity (Wildman–Crippen MR) is 88.3 cm³/mol. The molecule has 7 heteroatoms. The van der Waals surface area contributed by atoms with E-state index in [1.165, 1.54) is 24.4 Å². The molecule has 0 fully saturated rings. The lowest BCUT2D eigenvalue weighted by Crippen LogP contribution is -2.23. The van der Waals surface area contributed by atoms with Crippen molar-refractivity contribution in [3.05, 3.63) is 70.6 Å². The first-order valence-electron chi connectivity index (χ1n) is 7.09. The van der Waals surface area contributed by atoms with Gasteiger partial charge >= 0.3 is 0 Å². The highest BCUT2D eigenvalue weighted by Crippen LogP contribution is 2.32. The minimum atomic E-state index is -0.373. The Morgan fingerprint density at radius 1 is 1.25 bits per heavy atom. The van der Waals surface area contributed by atoms with Crippen molar-refractivity contribution in [3.8, 4) is 17.0 Å². The van der Waals surface area contributed by atoms with Crippen molar-refractivity contribution in [3.63, 3.8) is 0 Å². The molecule has 0 unspecified atom stereocenters. The molecule has 1 aromatic heterocycles. The number of hydrogen-bond acceptors (Lipinski definition) is 3. The summed E-state index contributed by atoms with van der Waals surface area (Å²) in [6.07, 6.45) is 1.37. The number of H-pyrrole nitrogens is 1. The van der Waals surface area contributed by atoms with E-state index in [0.717, 1.165) is 5.56 Å². The molecule has 3 N–H and O–H groups in total. The zero-order chi connectivity index (χ0) is 17.1. The summed E-state index contributed by atoms with van der Waals surface area (Å²) in [6.45, 7) is 0.241. The summed E-state index contributed by atoms with van der Waals surface area (Å²) in [5.41, 5.74) is 1.79. The third kappa shape index (κ3) is 3.38. The van der Waals surface area contributed by atoms with Gasteiger partial charge in [0.1, 0.15) is 11.6 Å². The van der Waals surface area contributed by atoms with E-state index in [1.807, 2.05) is 0 Å². The van der Waals surface area contributed by atoms with Crippen molar-refractivity contribution in [2.75, 3.05) is 0 Å². The van der Waals surface area contributed by atoms with Crippen LogP contribution in [-0.2, 0) is 6.54 Å². The number of nitrogens with zero attached hydrogens (tertiary/aromatic N) is 1. The van der Waals surface area contributed by atoms with Crippen LogP contribution in [0.5, 0.6) is 5.75 Å². The Labute approximate surface area is 142 Å². The lowest BCUT2D eigenvalue weighted by molar-refractivity contribution is 0.0951. The molecule has 3 rings (SSSR count). The Hall–Kier alpha value is -2.86. The number of benzene rings is 2. The Morgan fingerprint density at radius 3 is 2.75 bits per heavy atom. The second-order valence-corrected chi connectivity index (χ2v) is 5.57. The molecule has 1 heterocycles. The summed E-state index contributed by atoms with van der Waals surface area (Å²) in [5.74, 6) is -0.725. The van der Waals surface area contributed by atoms with Crippen molar-refractivity contribution in [1.29, 1.82) is 0 Å². The summed E-state index contributed by atoms with van der Waals surface area (Å²) in [4.78, 5) is 12.4. The molecule has 0 aliphatic carbocycles. The summed E-state index contributed by atoms with van der Waals surface area (Å²) in [5, 5.41) is 19.7. The number of phenolic OH excluding ortho intramolecular Hbond substituents is 1. The number of amides is 1. The second kappa shape index (κ2) is 6.72. The van der Waals surface area contributed by atoms with E-state index in [1.54, 1.807) is 24.3 Å². The van der Waals surface area contributed by atoms with E-state index in [-0.39, 0.29) is 29.6 Å². The standard InChI is InChI=1S/C17H13ClFN3O2/c18-11-3-6-15(23)13(7-11)16-14(9-21-22-16)17(24)20-8-10-1-4-12(19)5-2-10/h1-7,9,23H,8H2,(H,20,24)(H,21,22). The van der Waals surface area contributed by atoms with Crippen LogP contribution in [0.3, 0.4) is 0 Å². The molecule has 0 spiro atoms. The normalized spacial score (nSPS) is 10.6. The van der Waals surface area contributed by atoms with Gasteiger partial charge in [0.25, 0.3) is 5.91 Å². The molecule has 0 bridgehead atoms. The molecular formula is C17H13ClFN3O2. The first kappa shape index (κ1) is 16.0. The third-order valence-electron chi connectivity index (χ3n) is 3.48. The maximum atomic E-state index is 12.9. The highest BCUT2D eigenvalue weighted by Gasteiger charge is 2.17. The Bertz CT molecular complexity index is 878. The molecule has 122 valence electrons. The molecule has 0 saturated heterocycles. The monoisotopic (exact) mass is 345 g/mol. The third-order valence-corrected chi connectivity index (χ3v) is 3.71. The number of hydrogen-bond donors (Lipinski definition) is 3. The number of aromatic nitrogens is 2. The van der Waals surface area contributed by atoms with Crippen molar-refractivity contribution < 1.29 is 14.3 Å². The molecule has 0 atom stereocenters. The molecule has 0 aliphatic heterocycles. The Kier molecular flexibility index (Phi) is 4.48. The molecule has 0 radical (unpaired) electrons. The Balaban J connectivity index is 1.80. The topological polar surface area (TPSA) is 78.0 Å². The van der Waals surface area contributed by atoms with Gasteiger partial charge in [-0.25, -0.2) is 4.39 Å². The number of phenols is 1. The maximum absolute atomic E-state index is 12.9. The molecule has 0 saturated carbocycles. The average molecular weight is 346 g/mol. The first-order chi connectivity index (χ1) is 11.5.